The quantitative estimate of drug-likeness (QED) is 0.225. The van der Waals surface area contributed by atoms with E-state index in [2.05, 4.69) is 45.3 Å². The molecular formula is C40H49N7O4S. The molecule has 1 amide bonds. The smallest absolute Gasteiger partial charge is 0.264 e. The van der Waals surface area contributed by atoms with Gasteiger partial charge >= 0.3 is 0 Å². The molecule has 1 N–H and O–H groups in total. The first-order valence-electron chi connectivity index (χ1n) is 18.4. The van der Waals surface area contributed by atoms with Gasteiger partial charge in [-0.15, -0.1) is 0 Å². The van der Waals surface area contributed by atoms with E-state index in [0.29, 0.717) is 29.8 Å². The molecule has 4 bridgehead atoms. The fraction of sp³-hybridized carbons (Fsp3) is 0.475. The molecule has 4 aromatic rings. The van der Waals surface area contributed by atoms with Crippen molar-refractivity contribution < 1.29 is 17.9 Å². The lowest BCUT2D eigenvalue weighted by atomic mass is 9.78. The Morgan fingerprint density at radius 2 is 1.67 bits per heavy atom. The average Bonchev–Trinajstić information content (AvgIpc) is 3.11. The number of benzene rings is 2. The molecule has 1 saturated heterocycles. The highest BCUT2D eigenvalue weighted by Gasteiger charge is 2.35. The van der Waals surface area contributed by atoms with Gasteiger partial charge in [-0.3, -0.25) is 9.78 Å². The summed E-state index contributed by atoms with van der Waals surface area (Å²) in [5, 5.41) is 0. The Bertz CT molecular complexity index is 2040. The van der Waals surface area contributed by atoms with Crippen LogP contribution in [0.1, 0.15) is 92.9 Å². The molecule has 12 heteroatoms. The van der Waals surface area contributed by atoms with Crippen LogP contribution >= 0.6 is 0 Å². The Morgan fingerprint density at radius 3 is 2.46 bits per heavy atom. The predicted octanol–water partition coefficient (Wildman–Crippen LogP) is 7.35. The first-order chi connectivity index (χ1) is 24.8. The maximum atomic E-state index is 14.7. The molecule has 3 aliphatic rings. The lowest BCUT2D eigenvalue weighted by Crippen LogP contribution is -2.47. The maximum Gasteiger partial charge on any atom is 0.264 e. The van der Waals surface area contributed by atoms with Crippen molar-refractivity contribution in [1.82, 2.24) is 24.8 Å². The van der Waals surface area contributed by atoms with E-state index in [1.165, 1.54) is 37.8 Å². The molecule has 2 unspecified atom stereocenters. The van der Waals surface area contributed by atoms with E-state index in [1.54, 1.807) is 29.3 Å². The van der Waals surface area contributed by atoms with E-state index in [-0.39, 0.29) is 46.8 Å². The summed E-state index contributed by atoms with van der Waals surface area (Å²) in [5.74, 6) is 1.30. The van der Waals surface area contributed by atoms with Gasteiger partial charge in [0.05, 0.1) is 41.3 Å². The normalized spacial score (nSPS) is 21.9. The lowest BCUT2D eigenvalue weighted by molar-refractivity contribution is 0.0509. The van der Waals surface area contributed by atoms with E-state index < -0.39 is 16.1 Å². The Balaban J connectivity index is 1.30. The summed E-state index contributed by atoms with van der Waals surface area (Å²) in [6, 6.07) is 13.8. The summed E-state index contributed by atoms with van der Waals surface area (Å²) >= 11 is 0. The minimum atomic E-state index is -4.18. The molecule has 4 heterocycles. The van der Waals surface area contributed by atoms with Crippen molar-refractivity contribution in [1.29, 1.82) is 0 Å². The minimum absolute atomic E-state index is 0.0672. The summed E-state index contributed by atoms with van der Waals surface area (Å²) in [6.45, 7) is 11.6. The topological polar surface area (TPSA) is 131 Å². The van der Waals surface area contributed by atoms with E-state index >= 15 is 0 Å². The Morgan fingerprint density at radius 1 is 0.923 bits per heavy atom. The van der Waals surface area contributed by atoms with Crippen molar-refractivity contribution in [3.63, 3.8) is 0 Å². The van der Waals surface area contributed by atoms with Gasteiger partial charge in [-0.2, -0.15) is 4.98 Å². The van der Waals surface area contributed by atoms with Gasteiger partial charge in [0.25, 0.3) is 15.9 Å². The number of aryl methyl sites for hydroxylation is 2. The number of anilines is 2. The van der Waals surface area contributed by atoms with E-state index in [9.17, 15) is 13.2 Å². The zero-order valence-electron chi connectivity index (χ0n) is 30.8. The number of amides is 1. The van der Waals surface area contributed by atoms with Crippen LogP contribution in [-0.2, 0) is 16.6 Å². The minimum Gasteiger partial charge on any atom is -0.475 e. The van der Waals surface area contributed by atoms with Crippen LogP contribution in [-0.4, -0.2) is 64.4 Å². The molecule has 3 atom stereocenters. The first-order valence-corrected chi connectivity index (χ1v) is 19.9. The number of hydrogen-bond donors (Lipinski definition) is 1. The molecule has 0 radical (unpaired) electrons. The van der Waals surface area contributed by atoms with Crippen molar-refractivity contribution in [2.45, 2.75) is 103 Å². The molecule has 274 valence electrons. The molecule has 2 aromatic carbocycles. The largest absolute Gasteiger partial charge is 0.475 e. The Kier molecular flexibility index (Phi) is 9.95. The zero-order valence-corrected chi connectivity index (χ0v) is 31.6. The molecule has 52 heavy (non-hydrogen) atoms. The number of rotatable bonds is 5. The third-order valence-electron chi connectivity index (χ3n) is 10.6. The molecule has 11 nitrogen and oxygen atoms in total. The van der Waals surface area contributed by atoms with Gasteiger partial charge in [-0.1, -0.05) is 57.9 Å². The standard InChI is InChI=1S/C40H49N7O4S/c1-26-11-8-12-27(2)37(26)33-20-36-44-39(43-33)45-52(49,50)32-16-9-14-29(19-32)38(48)47(31(25-51-36)21-40(3,4)5)24-30-22-41-23-35(42-30)46-18-10-15-28-13-6-7-17-34(28)46/h8-9,11-12,14,16,19-20,22-23,28,31,34H,6-7,10,13,15,17-18,21,24-25H2,1-5H3,(H,43,44,45)/t28?,31-,34?/m1/s1. The summed E-state index contributed by atoms with van der Waals surface area (Å²) in [5.41, 5.74) is 4.10. The lowest BCUT2D eigenvalue weighted by Gasteiger charge is -2.44. The van der Waals surface area contributed by atoms with Crippen molar-refractivity contribution >= 4 is 27.7 Å². The highest BCUT2D eigenvalue weighted by molar-refractivity contribution is 7.92. The number of fused-ring (bicyclic) bond motifs is 5. The molecule has 1 saturated carbocycles. The van der Waals surface area contributed by atoms with E-state index in [0.717, 1.165) is 41.9 Å². The molecule has 7 rings (SSSR count). The second kappa shape index (κ2) is 14.4. The second-order valence-corrected chi connectivity index (χ2v) is 17.5. The highest BCUT2D eigenvalue weighted by atomic mass is 32.2. The summed E-state index contributed by atoms with van der Waals surface area (Å²) < 4.78 is 36.6. The van der Waals surface area contributed by atoms with Crippen LogP contribution in [0, 0.1) is 25.2 Å². The van der Waals surface area contributed by atoms with Gasteiger partial charge in [0.15, 0.2) is 0 Å². The molecule has 2 fully saturated rings. The van der Waals surface area contributed by atoms with Gasteiger partial charge in [-0.05, 0) is 86.6 Å². The fourth-order valence-electron chi connectivity index (χ4n) is 8.24. The monoisotopic (exact) mass is 723 g/mol. The van der Waals surface area contributed by atoms with Crippen LogP contribution in [0.4, 0.5) is 11.8 Å². The Labute approximate surface area is 307 Å². The van der Waals surface area contributed by atoms with Crippen LogP contribution in [0.5, 0.6) is 5.88 Å². The summed E-state index contributed by atoms with van der Waals surface area (Å²) in [7, 11) is -4.18. The van der Waals surface area contributed by atoms with Crippen molar-refractivity contribution in [2.75, 3.05) is 22.8 Å². The number of aromatic nitrogens is 4. The SMILES string of the molecule is Cc1cccc(C)c1-c1cc2nc(n1)NS(=O)(=O)c1cccc(c1)C(=O)N(Cc1cncc(N3CCCC4CCCCC43)n1)[C@H](CC(C)(C)C)CO2. The molecule has 1 aliphatic carbocycles. The molecule has 0 spiro atoms. The summed E-state index contributed by atoms with van der Waals surface area (Å²) in [6.07, 6.45) is 11.5. The molecular weight excluding hydrogens is 675 g/mol. The van der Waals surface area contributed by atoms with Crippen LogP contribution in [0.15, 0.2) is 65.8 Å². The number of carbonyl (C=O) groups excluding carboxylic acids is 1. The van der Waals surface area contributed by atoms with Crippen molar-refractivity contribution in [2.24, 2.45) is 11.3 Å². The third-order valence-corrected chi connectivity index (χ3v) is 11.9. The Hall–Kier alpha value is -4.58. The van der Waals surface area contributed by atoms with Crippen LogP contribution < -0.4 is 14.4 Å². The van der Waals surface area contributed by atoms with Crippen LogP contribution in [0.2, 0.25) is 0 Å². The number of hydrogen-bond acceptors (Lipinski definition) is 9. The van der Waals surface area contributed by atoms with Crippen molar-refractivity contribution in [3.05, 3.63) is 83.3 Å². The molecule has 2 aromatic heterocycles. The van der Waals surface area contributed by atoms with Crippen molar-refractivity contribution in [3.8, 4) is 17.1 Å². The van der Waals surface area contributed by atoms with Crippen LogP contribution in [0.3, 0.4) is 0 Å². The number of carbonyl (C=O) groups is 1. The fourth-order valence-corrected chi connectivity index (χ4v) is 9.23. The average molecular weight is 724 g/mol. The highest BCUT2D eigenvalue weighted by Crippen LogP contribution is 2.37. The number of nitrogens with zero attached hydrogens (tertiary/aromatic N) is 6. The zero-order chi connectivity index (χ0) is 36.6. The molecule has 2 aliphatic heterocycles. The number of nitrogens with one attached hydrogen (secondary N) is 1. The third kappa shape index (κ3) is 7.77. The second-order valence-electron chi connectivity index (χ2n) is 15.8. The first kappa shape index (κ1) is 35.8. The van der Waals surface area contributed by atoms with Gasteiger partial charge in [0.2, 0.25) is 11.8 Å². The van der Waals surface area contributed by atoms with E-state index in [1.807, 2.05) is 38.2 Å². The van der Waals surface area contributed by atoms with E-state index in [4.69, 9.17) is 9.72 Å². The van der Waals surface area contributed by atoms with Gasteiger partial charge < -0.3 is 14.5 Å². The maximum absolute atomic E-state index is 14.7. The van der Waals surface area contributed by atoms with Crippen LogP contribution in [0.25, 0.3) is 11.3 Å². The number of ether oxygens (including phenoxy) is 1. The summed E-state index contributed by atoms with van der Waals surface area (Å²) in [4.78, 5) is 37.7. The van der Waals surface area contributed by atoms with Gasteiger partial charge in [-0.25, -0.2) is 23.1 Å². The number of piperidine rings is 1. The van der Waals surface area contributed by atoms with Gasteiger partial charge in [0.1, 0.15) is 12.4 Å². The van der Waals surface area contributed by atoms with Gasteiger partial charge in [0, 0.05) is 29.8 Å². The predicted molar refractivity (Wildman–Crippen MR) is 202 cm³/mol. The number of sulfonamides is 1.